The fourth-order valence-electron chi connectivity index (χ4n) is 6.49. The highest BCUT2D eigenvalue weighted by molar-refractivity contribution is 5.98. The number of fused-ring (bicyclic) bond motifs is 5. The lowest BCUT2D eigenvalue weighted by atomic mass is 9.84. The Bertz CT molecular complexity index is 1360. The Kier molecular flexibility index (Phi) is 6.00. The summed E-state index contributed by atoms with van der Waals surface area (Å²) in [5.74, 6) is -2.39. The summed E-state index contributed by atoms with van der Waals surface area (Å²) in [5.41, 5.74) is 3.07. The molecular formula is C30H25F4NO3. The van der Waals surface area contributed by atoms with Crippen LogP contribution < -0.4 is 0 Å². The van der Waals surface area contributed by atoms with E-state index in [1.807, 2.05) is 24.3 Å². The Balaban J connectivity index is 1.13. The zero-order valence-corrected chi connectivity index (χ0v) is 20.4. The van der Waals surface area contributed by atoms with E-state index in [1.165, 1.54) is 0 Å². The van der Waals surface area contributed by atoms with E-state index in [2.05, 4.69) is 24.3 Å². The number of carbonyl (C=O) groups excluding carboxylic acids is 2. The van der Waals surface area contributed by atoms with Crippen LogP contribution in [0.25, 0.3) is 11.1 Å². The van der Waals surface area contributed by atoms with E-state index in [1.54, 1.807) is 4.90 Å². The Morgan fingerprint density at radius 1 is 0.868 bits per heavy atom. The van der Waals surface area contributed by atoms with Crippen molar-refractivity contribution in [1.82, 2.24) is 4.90 Å². The molecule has 0 aromatic heterocycles. The molecule has 2 saturated heterocycles. The zero-order valence-electron chi connectivity index (χ0n) is 20.4. The molecule has 2 bridgehead atoms. The van der Waals surface area contributed by atoms with Crippen molar-refractivity contribution < 1.29 is 31.9 Å². The Hall–Kier alpha value is -3.68. The third kappa shape index (κ3) is 4.16. The second-order valence-corrected chi connectivity index (χ2v) is 10.3. The summed E-state index contributed by atoms with van der Waals surface area (Å²) in [6, 6.07) is 18.1. The number of nitrogens with zero attached hydrogens (tertiary/aromatic N) is 1. The molecule has 1 aliphatic carbocycles. The summed E-state index contributed by atoms with van der Waals surface area (Å²) in [6.45, 7) is 0.204. The van der Waals surface area contributed by atoms with Crippen molar-refractivity contribution in [2.45, 2.75) is 49.9 Å². The second kappa shape index (κ2) is 9.26. The van der Waals surface area contributed by atoms with Gasteiger partial charge in [0.1, 0.15) is 12.4 Å². The standard InChI is InChI=1S/C30H25F4NO3/c31-27-15-17(9-12-26(27)30(32,33)34)28(36)18-13-19-10-11-20(14-18)35(19)29(37)38-16-25-23-7-3-1-5-21(23)22-6-2-4-8-24(22)25/h1-9,12,15,18-20,25H,10-11,13-14,16H2. The summed E-state index contributed by atoms with van der Waals surface area (Å²) in [5, 5.41) is 0. The van der Waals surface area contributed by atoms with Crippen molar-refractivity contribution in [3.8, 4) is 11.1 Å². The van der Waals surface area contributed by atoms with E-state index in [4.69, 9.17) is 4.74 Å². The van der Waals surface area contributed by atoms with Gasteiger partial charge in [-0.1, -0.05) is 54.6 Å². The number of rotatable bonds is 4. The molecule has 4 nitrogen and oxygen atoms in total. The van der Waals surface area contributed by atoms with Gasteiger partial charge in [0, 0.05) is 29.5 Å². The first-order valence-corrected chi connectivity index (χ1v) is 12.8. The van der Waals surface area contributed by atoms with Gasteiger partial charge in [-0.15, -0.1) is 0 Å². The van der Waals surface area contributed by atoms with Gasteiger partial charge < -0.3 is 9.64 Å². The van der Waals surface area contributed by atoms with Crippen LogP contribution in [-0.4, -0.2) is 35.5 Å². The molecule has 3 aromatic rings. The van der Waals surface area contributed by atoms with Crippen LogP contribution in [0, 0.1) is 11.7 Å². The third-order valence-electron chi connectivity index (χ3n) is 8.21. The second-order valence-electron chi connectivity index (χ2n) is 10.3. The van der Waals surface area contributed by atoms with E-state index in [-0.39, 0.29) is 36.0 Å². The maximum absolute atomic E-state index is 14.1. The van der Waals surface area contributed by atoms with E-state index in [9.17, 15) is 27.2 Å². The molecule has 1 amide bonds. The van der Waals surface area contributed by atoms with Crippen LogP contribution in [0.3, 0.4) is 0 Å². The summed E-state index contributed by atoms with van der Waals surface area (Å²) in [6.07, 6.45) is -3.03. The lowest BCUT2D eigenvalue weighted by Gasteiger charge is -2.37. The van der Waals surface area contributed by atoms with E-state index < -0.39 is 29.6 Å². The fourth-order valence-corrected chi connectivity index (χ4v) is 6.49. The summed E-state index contributed by atoms with van der Waals surface area (Å²) >= 11 is 0. The van der Waals surface area contributed by atoms with E-state index in [0.717, 1.165) is 41.2 Å². The van der Waals surface area contributed by atoms with Gasteiger partial charge in [-0.25, -0.2) is 9.18 Å². The molecule has 8 heteroatoms. The molecule has 2 atom stereocenters. The molecule has 0 saturated carbocycles. The first kappa shape index (κ1) is 24.6. The first-order chi connectivity index (χ1) is 18.2. The van der Waals surface area contributed by atoms with Gasteiger partial charge in [0.25, 0.3) is 0 Å². The van der Waals surface area contributed by atoms with Gasteiger partial charge in [0.05, 0.1) is 5.56 Å². The molecule has 2 unspecified atom stereocenters. The SMILES string of the molecule is O=C(c1ccc(C(F)(F)F)c(F)c1)C1CC2CCC(C1)N2C(=O)OCC1c2ccccc2-c2ccccc21. The number of ketones is 1. The lowest BCUT2D eigenvalue weighted by Crippen LogP contribution is -2.48. The molecule has 2 heterocycles. The van der Waals surface area contributed by atoms with Crippen LogP contribution in [0.5, 0.6) is 0 Å². The first-order valence-electron chi connectivity index (χ1n) is 12.8. The average Bonchev–Trinajstić information content (AvgIpc) is 3.36. The normalized spacial score (nSPS) is 22.2. The highest BCUT2D eigenvalue weighted by Gasteiger charge is 2.46. The lowest BCUT2D eigenvalue weighted by molar-refractivity contribution is -0.140. The van der Waals surface area contributed by atoms with Crippen LogP contribution in [0.1, 0.15) is 58.6 Å². The fraction of sp³-hybridized carbons (Fsp3) is 0.333. The molecule has 6 rings (SSSR count). The van der Waals surface area contributed by atoms with Crippen LogP contribution in [-0.2, 0) is 10.9 Å². The minimum atomic E-state index is -4.82. The van der Waals surface area contributed by atoms with Crippen molar-refractivity contribution in [2.75, 3.05) is 6.61 Å². The molecular weight excluding hydrogens is 498 g/mol. The van der Waals surface area contributed by atoms with Crippen molar-refractivity contribution in [3.63, 3.8) is 0 Å². The molecule has 0 radical (unpaired) electrons. The number of ether oxygens (including phenoxy) is 1. The molecule has 0 N–H and O–H groups in total. The van der Waals surface area contributed by atoms with Crippen LogP contribution in [0.2, 0.25) is 0 Å². The molecule has 38 heavy (non-hydrogen) atoms. The van der Waals surface area contributed by atoms with Gasteiger partial charge in [-0.2, -0.15) is 13.2 Å². The van der Waals surface area contributed by atoms with Gasteiger partial charge in [0.2, 0.25) is 0 Å². The zero-order chi connectivity index (χ0) is 26.6. The highest BCUT2D eigenvalue weighted by Crippen LogP contribution is 2.45. The number of carbonyl (C=O) groups is 2. The topological polar surface area (TPSA) is 46.6 Å². The highest BCUT2D eigenvalue weighted by atomic mass is 19.4. The molecule has 2 fully saturated rings. The number of amides is 1. The number of benzene rings is 3. The summed E-state index contributed by atoms with van der Waals surface area (Å²) < 4.78 is 58.6. The number of hydrogen-bond donors (Lipinski definition) is 0. The number of Topliss-reactive ketones (excluding diaryl/α,β-unsaturated/α-hetero) is 1. The predicted octanol–water partition coefficient (Wildman–Crippen LogP) is 7.22. The largest absolute Gasteiger partial charge is 0.448 e. The van der Waals surface area contributed by atoms with Crippen molar-refractivity contribution in [2.24, 2.45) is 5.92 Å². The maximum atomic E-state index is 14.1. The predicted molar refractivity (Wildman–Crippen MR) is 132 cm³/mol. The Labute approximate surface area is 217 Å². The monoisotopic (exact) mass is 523 g/mol. The average molecular weight is 524 g/mol. The number of hydrogen-bond acceptors (Lipinski definition) is 3. The number of halogens is 4. The van der Waals surface area contributed by atoms with Crippen molar-refractivity contribution >= 4 is 11.9 Å². The summed E-state index contributed by atoms with van der Waals surface area (Å²) in [7, 11) is 0. The van der Waals surface area contributed by atoms with E-state index >= 15 is 0 Å². The molecule has 0 spiro atoms. The Morgan fingerprint density at radius 3 is 2.00 bits per heavy atom. The Morgan fingerprint density at radius 2 is 1.45 bits per heavy atom. The molecule has 196 valence electrons. The minimum absolute atomic E-state index is 0.0577. The van der Waals surface area contributed by atoms with Gasteiger partial charge in [-0.05, 0) is 60.1 Å². The van der Waals surface area contributed by atoms with Gasteiger partial charge >= 0.3 is 12.3 Å². The van der Waals surface area contributed by atoms with Crippen LogP contribution in [0.4, 0.5) is 22.4 Å². The quantitative estimate of drug-likeness (QED) is 0.268. The minimum Gasteiger partial charge on any atom is -0.448 e. The smallest absolute Gasteiger partial charge is 0.419 e. The molecule has 3 aliphatic rings. The number of piperidine rings is 1. The van der Waals surface area contributed by atoms with E-state index in [0.29, 0.717) is 25.0 Å². The van der Waals surface area contributed by atoms with Crippen molar-refractivity contribution in [1.29, 1.82) is 0 Å². The molecule has 3 aromatic carbocycles. The van der Waals surface area contributed by atoms with Gasteiger partial charge in [0.15, 0.2) is 5.78 Å². The number of alkyl halides is 3. The van der Waals surface area contributed by atoms with Gasteiger partial charge in [-0.3, -0.25) is 4.79 Å². The molecule has 2 aliphatic heterocycles. The maximum Gasteiger partial charge on any atom is 0.419 e. The van der Waals surface area contributed by atoms with Crippen molar-refractivity contribution in [3.05, 3.63) is 94.8 Å². The van der Waals surface area contributed by atoms with Crippen LogP contribution in [0.15, 0.2) is 66.7 Å². The van der Waals surface area contributed by atoms with Crippen LogP contribution >= 0.6 is 0 Å². The third-order valence-corrected chi connectivity index (χ3v) is 8.21. The summed E-state index contributed by atoms with van der Waals surface area (Å²) in [4.78, 5) is 28.0.